The lowest BCUT2D eigenvalue weighted by Gasteiger charge is -2.17. The fourth-order valence-corrected chi connectivity index (χ4v) is 9.54. The van der Waals surface area contributed by atoms with Crippen LogP contribution in [0.25, 0.3) is 75.3 Å². The maximum absolute atomic E-state index is 5.32. The number of fused-ring (bicyclic) bond motifs is 10. The molecule has 0 spiro atoms. The molecule has 54 heavy (non-hydrogen) atoms. The number of rotatable bonds is 4. The van der Waals surface area contributed by atoms with E-state index in [-0.39, 0.29) is 5.92 Å². The average Bonchev–Trinajstić information content (AvgIpc) is 3.50. The Morgan fingerprint density at radius 3 is 1.70 bits per heavy atom. The number of hydrogen-bond acceptors (Lipinski definition) is 5. The highest BCUT2D eigenvalue weighted by Crippen LogP contribution is 2.41. The van der Waals surface area contributed by atoms with E-state index >= 15 is 0 Å². The van der Waals surface area contributed by atoms with Gasteiger partial charge in [-0.05, 0) is 80.6 Å². The summed E-state index contributed by atoms with van der Waals surface area (Å²) in [5.41, 5.74) is 6.30. The molecule has 0 N–H and O–H groups in total. The second-order valence-electron chi connectivity index (χ2n) is 14.1. The van der Waals surface area contributed by atoms with Crippen molar-refractivity contribution in [3.05, 3.63) is 181 Å². The lowest BCUT2D eigenvalue weighted by Crippen LogP contribution is -2.11. The third-order valence-corrected chi connectivity index (χ3v) is 12.1. The minimum Gasteiger partial charge on any atom is -0.249 e. The number of benzene rings is 8. The maximum Gasteiger partial charge on any atom is 0.178 e. The standard InChI is InChI=1S/C49H32N4S/c1-2-12-30(13-3-1)33-26-27-44(50-43-20-10-8-18-39(33)43)49-52-47(51-48(53-49)32-23-25-41-40-19-9-11-21-45(40)54-46(41)29-32)31-22-24-38-36-16-5-4-14-34(36)35-15-6-7-17-37(35)42(38)28-31/h1-25,28-29,33H,26-27H2. The Kier molecular flexibility index (Phi) is 7.20. The highest BCUT2D eigenvalue weighted by molar-refractivity contribution is 7.25. The van der Waals surface area contributed by atoms with Gasteiger partial charge < -0.3 is 0 Å². The Bertz CT molecular complexity index is 3090. The monoisotopic (exact) mass is 708 g/mol. The minimum absolute atomic E-state index is 0.225. The van der Waals surface area contributed by atoms with Gasteiger partial charge in [-0.2, -0.15) is 0 Å². The molecule has 8 aromatic carbocycles. The predicted octanol–water partition coefficient (Wildman–Crippen LogP) is 13.1. The topological polar surface area (TPSA) is 51.0 Å². The third-order valence-electron chi connectivity index (χ3n) is 11.0. The summed E-state index contributed by atoms with van der Waals surface area (Å²) in [7, 11) is 0. The van der Waals surface area contributed by atoms with Crippen molar-refractivity contribution in [2.24, 2.45) is 4.99 Å². The number of para-hydroxylation sites is 1. The summed E-state index contributed by atoms with van der Waals surface area (Å²) < 4.78 is 2.49. The molecule has 1 unspecified atom stereocenters. The van der Waals surface area contributed by atoms with E-state index in [1.807, 2.05) is 0 Å². The Morgan fingerprint density at radius 1 is 0.426 bits per heavy atom. The van der Waals surface area contributed by atoms with Crippen LogP contribution in [0.2, 0.25) is 0 Å². The molecule has 4 nitrogen and oxygen atoms in total. The molecule has 0 bridgehead atoms. The smallest absolute Gasteiger partial charge is 0.178 e. The minimum atomic E-state index is 0.225. The molecule has 5 heteroatoms. The molecule has 0 fully saturated rings. The van der Waals surface area contributed by atoms with Gasteiger partial charge in [-0.1, -0.05) is 140 Å². The van der Waals surface area contributed by atoms with Crippen LogP contribution >= 0.6 is 11.3 Å². The Hall–Kier alpha value is -6.56. The van der Waals surface area contributed by atoms with Crippen LogP contribution in [0, 0.1) is 0 Å². The van der Waals surface area contributed by atoms with Crippen LogP contribution in [-0.2, 0) is 0 Å². The summed E-state index contributed by atoms with van der Waals surface area (Å²) in [6.45, 7) is 0. The first-order valence-electron chi connectivity index (χ1n) is 18.5. The summed E-state index contributed by atoms with van der Waals surface area (Å²) in [6, 6.07) is 58.5. The van der Waals surface area contributed by atoms with Gasteiger partial charge in [0.2, 0.25) is 0 Å². The lowest BCUT2D eigenvalue weighted by molar-refractivity contribution is 0.750. The molecule has 10 aromatic rings. The van der Waals surface area contributed by atoms with Gasteiger partial charge in [0.15, 0.2) is 17.5 Å². The molecule has 0 amide bonds. The third kappa shape index (κ3) is 5.12. The number of thiophene rings is 1. The van der Waals surface area contributed by atoms with Gasteiger partial charge in [-0.25, -0.2) is 19.9 Å². The van der Waals surface area contributed by atoms with Gasteiger partial charge in [-0.15, -0.1) is 11.3 Å². The van der Waals surface area contributed by atoms with Gasteiger partial charge >= 0.3 is 0 Å². The van der Waals surface area contributed by atoms with E-state index in [0.717, 1.165) is 35.4 Å². The zero-order valence-electron chi connectivity index (χ0n) is 29.3. The number of aliphatic imine (C=N–C) groups is 1. The van der Waals surface area contributed by atoms with E-state index in [2.05, 4.69) is 164 Å². The van der Waals surface area contributed by atoms with Crippen LogP contribution in [0.1, 0.15) is 35.7 Å². The van der Waals surface area contributed by atoms with Gasteiger partial charge in [0.05, 0.1) is 11.4 Å². The molecule has 0 saturated carbocycles. The highest BCUT2D eigenvalue weighted by atomic mass is 32.1. The highest BCUT2D eigenvalue weighted by Gasteiger charge is 2.25. The fourth-order valence-electron chi connectivity index (χ4n) is 8.39. The Balaban J connectivity index is 1.11. The quantitative estimate of drug-likeness (QED) is 0.171. The van der Waals surface area contributed by atoms with Gasteiger partial charge in [0.25, 0.3) is 0 Å². The van der Waals surface area contributed by atoms with Crippen LogP contribution in [0.15, 0.2) is 169 Å². The molecule has 1 atom stereocenters. The number of aromatic nitrogens is 3. The molecule has 0 aliphatic carbocycles. The van der Waals surface area contributed by atoms with Crippen LogP contribution < -0.4 is 0 Å². The first kappa shape index (κ1) is 31.0. The Morgan fingerprint density at radius 2 is 0.963 bits per heavy atom. The normalized spacial score (nSPS) is 14.4. The molecule has 254 valence electrons. The predicted molar refractivity (Wildman–Crippen MR) is 226 cm³/mol. The average molecular weight is 709 g/mol. The fraction of sp³-hybridized carbons (Fsp3) is 0.0612. The SMILES string of the molecule is c1ccc(C2CCC(c3nc(-c4ccc5c(c4)sc4ccccc45)nc(-c4ccc5c6ccccc6c6ccccc6c5c4)n3)=Nc3ccccc32)cc1. The van der Waals surface area contributed by atoms with E-state index in [9.17, 15) is 0 Å². The van der Waals surface area contributed by atoms with Crippen molar-refractivity contribution in [3.63, 3.8) is 0 Å². The lowest BCUT2D eigenvalue weighted by atomic mass is 9.87. The summed E-state index contributed by atoms with van der Waals surface area (Å²) >= 11 is 1.80. The van der Waals surface area contributed by atoms with Crippen molar-refractivity contribution in [1.82, 2.24) is 15.0 Å². The maximum atomic E-state index is 5.32. The van der Waals surface area contributed by atoms with E-state index in [1.54, 1.807) is 11.3 Å². The number of nitrogens with zero attached hydrogens (tertiary/aromatic N) is 4. The first-order valence-corrected chi connectivity index (χ1v) is 19.3. The van der Waals surface area contributed by atoms with E-state index in [0.29, 0.717) is 17.5 Å². The van der Waals surface area contributed by atoms with Crippen LogP contribution in [-0.4, -0.2) is 20.7 Å². The molecule has 0 radical (unpaired) electrons. The van der Waals surface area contributed by atoms with Crippen LogP contribution in [0.4, 0.5) is 5.69 Å². The molecular weight excluding hydrogens is 677 g/mol. The molecule has 1 aliphatic rings. The second-order valence-corrected chi connectivity index (χ2v) is 15.2. The van der Waals surface area contributed by atoms with Crippen molar-refractivity contribution < 1.29 is 0 Å². The Labute approximate surface area is 316 Å². The number of hydrogen-bond donors (Lipinski definition) is 0. The zero-order valence-corrected chi connectivity index (χ0v) is 30.1. The summed E-state index contributed by atoms with van der Waals surface area (Å²) in [5.74, 6) is 2.14. The van der Waals surface area contributed by atoms with Crippen LogP contribution in [0.5, 0.6) is 0 Å². The second kappa shape index (κ2) is 12.5. The van der Waals surface area contributed by atoms with Gasteiger partial charge in [-0.3, -0.25) is 0 Å². The molecule has 1 aliphatic heterocycles. The molecule has 11 rings (SSSR count). The zero-order chi connectivity index (χ0) is 35.6. The van der Waals surface area contributed by atoms with Crippen molar-refractivity contribution in [1.29, 1.82) is 0 Å². The van der Waals surface area contributed by atoms with E-state index < -0.39 is 0 Å². The molecule has 2 aromatic heterocycles. The summed E-state index contributed by atoms with van der Waals surface area (Å²) in [5, 5.41) is 9.88. The van der Waals surface area contributed by atoms with E-state index in [1.165, 1.54) is 63.6 Å². The van der Waals surface area contributed by atoms with Crippen LogP contribution in [0.3, 0.4) is 0 Å². The van der Waals surface area contributed by atoms with Crippen molar-refractivity contribution in [3.8, 4) is 22.8 Å². The van der Waals surface area contributed by atoms with Crippen molar-refractivity contribution >= 4 is 75.2 Å². The van der Waals surface area contributed by atoms with Gasteiger partial charge in [0, 0.05) is 37.2 Å². The summed E-state index contributed by atoms with van der Waals surface area (Å²) in [6.07, 6.45) is 1.64. The molecule has 0 saturated heterocycles. The summed E-state index contributed by atoms with van der Waals surface area (Å²) in [4.78, 5) is 21.1. The van der Waals surface area contributed by atoms with Gasteiger partial charge in [0.1, 0.15) is 0 Å². The molecule has 3 heterocycles. The van der Waals surface area contributed by atoms with E-state index in [4.69, 9.17) is 19.9 Å². The van der Waals surface area contributed by atoms with Crippen molar-refractivity contribution in [2.45, 2.75) is 18.8 Å². The molecular formula is C49H32N4S. The van der Waals surface area contributed by atoms with Crippen molar-refractivity contribution in [2.75, 3.05) is 0 Å². The first-order chi connectivity index (χ1) is 26.7. The largest absolute Gasteiger partial charge is 0.249 e.